The fourth-order valence-electron chi connectivity index (χ4n) is 4.19. The third-order valence-electron chi connectivity index (χ3n) is 6.18. The van der Waals surface area contributed by atoms with Crippen LogP contribution in [0.4, 0.5) is 11.4 Å². The molecule has 162 valence electrons. The van der Waals surface area contributed by atoms with Crippen molar-refractivity contribution in [1.82, 2.24) is 9.13 Å². The Bertz CT molecular complexity index is 1250. The van der Waals surface area contributed by atoms with Gasteiger partial charge in [0, 0.05) is 32.7 Å². The molecular formula is C24H28N4O3. The Hall–Kier alpha value is -3.35. The van der Waals surface area contributed by atoms with E-state index in [0.717, 1.165) is 38.0 Å². The number of rotatable bonds is 4. The SMILES string of the molecule is CCc1ccc(C(=O)Nc2cc3c(cc2N2CCCCC2)n(C)c(=O)c(=O)n3C)cc1. The van der Waals surface area contributed by atoms with Crippen molar-refractivity contribution in [3.8, 4) is 0 Å². The molecule has 4 rings (SSSR count). The Morgan fingerprint density at radius 3 is 2.06 bits per heavy atom. The van der Waals surface area contributed by atoms with E-state index in [4.69, 9.17) is 0 Å². The Morgan fingerprint density at radius 2 is 1.48 bits per heavy atom. The summed E-state index contributed by atoms with van der Waals surface area (Å²) in [5.41, 5.74) is 3.39. The molecule has 0 unspecified atom stereocenters. The van der Waals surface area contributed by atoms with E-state index in [1.807, 2.05) is 30.3 Å². The number of aromatic nitrogens is 2. The second-order valence-electron chi connectivity index (χ2n) is 8.14. The van der Waals surface area contributed by atoms with Crippen molar-refractivity contribution in [2.75, 3.05) is 23.3 Å². The molecule has 31 heavy (non-hydrogen) atoms. The molecule has 7 nitrogen and oxygen atoms in total. The van der Waals surface area contributed by atoms with Crippen molar-refractivity contribution in [2.45, 2.75) is 32.6 Å². The zero-order chi connectivity index (χ0) is 22.1. The highest BCUT2D eigenvalue weighted by atomic mass is 16.2. The molecule has 7 heteroatoms. The minimum absolute atomic E-state index is 0.199. The molecule has 0 bridgehead atoms. The summed E-state index contributed by atoms with van der Waals surface area (Å²) in [6, 6.07) is 11.3. The van der Waals surface area contributed by atoms with Crippen LogP contribution < -0.4 is 21.3 Å². The minimum Gasteiger partial charge on any atom is -0.370 e. The van der Waals surface area contributed by atoms with Gasteiger partial charge in [0.25, 0.3) is 5.91 Å². The van der Waals surface area contributed by atoms with Crippen LogP contribution >= 0.6 is 0 Å². The van der Waals surface area contributed by atoms with Gasteiger partial charge in [-0.2, -0.15) is 0 Å². The normalized spacial score (nSPS) is 14.1. The summed E-state index contributed by atoms with van der Waals surface area (Å²) >= 11 is 0. The Labute approximate surface area is 180 Å². The maximum atomic E-state index is 13.0. The summed E-state index contributed by atoms with van der Waals surface area (Å²) in [6.45, 7) is 3.85. The van der Waals surface area contributed by atoms with Crippen LogP contribution in [0.1, 0.15) is 42.1 Å². The molecule has 1 aliphatic rings. The van der Waals surface area contributed by atoms with Crippen LogP contribution in [0.25, 0.3) is 11.0 Å². The van der Waals surface area contributed by atoms with Crippen LogP contribution in [-0.2, 0) is 20.5 Å². The first kappa shape index (κ1) is 20.9. The molecule has 0 radical (unpaired) electrons. The topological polar surface area (TPSA) is 76.3 Å². The van der Waals surface area contributed by atoms with Gasteiger partial charge in [-0.1, -0.05) is 19.1 Å². The van der Waals surface area contributed by atoms with E-state index in [-0.39, 0.29) is 5.91 Å². The van der Waals surface area contributed by atoms with E-state index in [2.05, 4.69) is 17.1 Å². The summed E-state index contributed by atoms with van der Waals surface area (Å²) in [6.07, 6.45) is 4.26. The zero-order valence-electron chi connectivity index (χ0n) is 18.3. The quantitative estimate of drug-likeness (QED) is 0.659. The van der Waals surface area contributed by atoms with Gasteiger partial charge >= 0.3 is 11.1 Å². The van der Waals surface area contributed by atoms with Gasteiger partial charge < -0.3 is 19.4 Å². The van der Waals surface area contributed by atoms with Crippen LogP contribution in [0.5, 0.6) is 0 Å². The van der Waals surface area contributed by atoms with E-state index in [0.29, 0.717) is 22.3 Å². The Morgan fingerprint density at radius 1 is 0.903 bits per heavy atom. The molecule has 0 saturated carbocycles. The smallest absolute Gasteiger partial charge is 0.316 e. The van der Waals surface area contributed by atoms with Crippen LogP contribution in [-0.4, -0.2) is 28.1 Å². The molecule has 0 atom stereocenters. The average molecular weight is 421 g/mol. The Balaban J connectivity index is 1.83. The van der Waals surface area contributed by atoms with Gasteiger partial charge in [0.15, 0.2) is 0 Å². The molecular weight excluding hydrogens is 392 g/mol. The van der Waals surface area contributed by atoms with E-state index in [1.165, 1.54) is 21.1 Å². The first-order valence-corrected chi connectivity index (χ1v) is 10.8. The van der Waals surface area contributed by atoms with E-state index in [1.54, 1.807) is 20.2 Å². The molecule has 2 aromatic carbocycles. The van der Waals surface area contributed by atoms with Crippen molar-refractivity contribution in [3.05, 3.63) is 68.2 Å². The summed E-state index contributed by atoms with van der Waals surface area (Å²) < 4.78 is 2.74. The number of carbonyl (C=O) groups is 1. The minimum atomic E-state index is -0.590. The molecule has 0 aliphatic carbocycles. The van der Waals surface area contributed by atoms with Crippen molar-refractivity contribution < 1.29 is 4.79 Å². The lowest BCUT2D eigenvalue weighted by molar-refractivity contribution is 0.102. The van der Waals surface area contributed by atoms with Gasteiger partial charge in [0.1, 0.15) is 0 Å². The fraction of sp³-hybridized carbons (Fsp3) is 0.375. The first-order chi connectivity index (χ1) is 14.9. The van der Waals surface area contributed by atoms with Crippen molar-refractivity contribution in [2.24, 2.45) is 14.1 Å². The number of fused-ring (bicyclic) bond motifs is 1. The van der Waals surface area contributed by atoms with Gasteiger partial charge in [0.2, 0.25) is 0 Å². The first-order valence-electron chi connectivity index (χ1n) is 10.8. The monoisotopic (exact) mass is 420 g/mol. The van der Waals surface area contributed by atoms with E-state index in [9.17, 15) is 14.4 Å². The van der Waals surface area contributed by atoms with Gasteiger partial charge in [-0.25, -0.2) is 0 Å². The third-order valence-corrected chi connectivity index (χ3v) is 6.18. The largest absolute Gasteiger partial charge is 0.370 e. The molecule has 2 heterocycles. The highest BCUT2D eigenvalue weighted by molar-refractivity contribution is 6.07. The van der Waals surface area contributed by atoms with E-state index < -0.39 is 11.1 Å². The number of piperidine rings is 1. The van der Waals surface area contributed by atoms with Gasteiger partial charge in [-0.3, -0.25) is 14.4 Å². The number of hydrogen-bond acceptors (Lipinski definition) is 4. The molecule has 3 aromatic rings. The third kappa shape index (κ3) is 3.87. The highest BCUT2D eigenvalue weighted by Gasteiger charge is 2.20. The fourth-order valence-corrected chi connectivity index (χ4v) is 4.19. The summed E-state index contributed by atoms with van der Waals surface area (Å²) in [7, 11) is 3.20. The molecule has 1 aromatic heterocycles. The van der Waals surface area contributed by atoms with Crippen molar-refractivity contribution in [1.29, 1.82) is 0 Å². The molecule has 0 spiro atoms. The van der Waals surface area contributed by atoms with E-state index >= 15 is 0 Å². The van der Waals surface area contributed by atoms with Crippen molar-refractivity contribution >= 4 is 28.3 Å². The number of anilines is 2. The maximum Gasteiger partial charge on any atom is 0.316 e. The predicted molar refractivity (Wildman–Crippen MR) is 124 cm³/mol. The lowest BCUT2D eigenvalue weighted by Crippen LogP contribution is -2.39. The van der Waals surface area contributed by atoms with Gasteiger partial charge in [-0.05, 0) is 55.5 Å². The molecule has 1 saturated heterocycles. The predicted octanol–water partition coefficient (Wildman–Crippen LogP) is 3.04. The number of hydrogen-bond donors (Lipinski definition) is 1. The number of nitrogens with one attached hydrogen (secondary N) is 1. The number of amides is 1. The van der Waals surface area contributed by atoms with Crippen LogP contribution in [0, 0.1) is 0 Å². The average Bonchev–Trinajstić information content (AvgIpc) is 2.81. The van der Waals surface area contributed by atoms with Crippen molar-refractivity contribution in [3.63, 3.8) is 0 Å². The zero-order valence-corrected chi connectivity index (χ0v) is 18.3. The molecule has 1 N–H and O–H groups in total. The number of carbonyl (C=O) groups excluding carboxylic acids is 1. The Kier molecular flexibility index (Phi) is 5.67. The summed E-state index contributed by atoms with van der Waals surface area (Å²) in [5, 5.41) is 3.05. The highest BCUT2D eigenvalue weighted by Crippen LogP contribution is 2.32. The second-order valence-corrected chi connectivity index (χ2v) is 8.14. The summed E-state index contributed by atoms with van der Waals surface area (Å²) in [5.74, 6) is -0.199. The standard InChI is InChI=1S/C24H28N4O3/c1-4-16-8-10-17(11-9-16)22(29)25-18-14-20-21(27(3)24(31)23(30)26(20)2)15-19(18)28-12-6-5-7-13-28/h8-11,14-15H,4-7,12-13H2,1-3H3,(H,25,29). The van der Waals surface area contributed by atoms with Gasteiger partial charge in [-0.15, -0.1) is 0 Å². The van der Waals surface area contributed by atoms with Crippen LogP contribution in [0.15, 0.2) is 46.0 Å². The van der Waals surface area contributed by atoms with Crippen LogP contribution in [0.2, 0.25) is 0 Å². The molecule has 1 aliphatic heterocycles. The second kappa shape index (κ2) is 8.41. The number of nitrogens with zero attached hydrogens (tertiary/aromatic N) is 3. The van der Waals surface area contributed by atoms with Crippen LogP contribution in [0.3, 0.4) is 0 Å². The van der Waals surface area contributed by atoms with Gasteiger partial charge in [0.05, 0.1) is 22.4 Å². The number of benzene rings is 2. The molecule has 1 amide bonds. The summed E-state index contributed by atoms with van der Waals surface area (Å²) in [4.78, 5) is 39.9. The maximum absolute atomic E-state index is 13.0. The number of aryl methyl sites for hydroxylation is 3. The lowest BCUT2D eigenvalue weighted by atomic mass is 10.1. The molecule has 1 fully saturated rings. The lowest BCUT2D eigenvalue weighted by Gasteiger charge is -2.31.